The summed E-state index contributed by atoms with van der Waals surface area (Å²) in [5.41, 5.74) is 1.98. The number of aliphatic hydroxyl groups is 1. The van der Waals surface area contributed by atoms with Gasteiger partial charge in [-0.1, -0.05) is 18.2 Å². The summed E-state index contributed by atoms with van der Waals surface area (Å²) in [5, 5.41) is 10.2. The van der Waals surface area contributed by atoms with E-state index < -0.39 is 6.10 Å². The lowest BCUT2D eigenvalue weighted by Crippen LogP contribution is -2.43. The topological polar surface area (TPSA) is 43.8 Å². The van der Waals surface area contributed by atoms with Crippen LogP contribution in [0, 0.1) is 0 Å². The largest absolute Gasteiger partial charge is 0.388 e. The number of para-hydroxylation sites is 1. The average Bonchev–Trinajstić information content (AvgIpc) is 2.69. The average molecular weight is 288 g/mol. The first kappa shape index (κ1) is 14.4. The van der Waals surface area contributed by atoms with E-state index in [0.717, 1.165) is 56.6 Å². The number of carbonyl (C=O) groups is 1. The molecule has 1 fully saturated rings. The Labute approximate surface area is 126 Å². The van der Waals surface area contributed by atoms with Crippen LogP contribution in [0.2, 0.25) is 0 Å². The van der Waals surface area contributed by atoms with Crippen molar-refractivity contribution >= 4 is 11.6 Å². The number of likely N-dealkylation sites (tertiary alicyclic amines) is 1. The summed E-state index contributed by atoms with van der Waals surface area (Å²) >= 11 is 0. The van der Waals surface area contributed by atoms with Gasteiger partial charge in [0.1, 0.15) is 0 Å². The molecular weight excluding hydrogens is 264 g/mol. The molecule has 0 radical (unpaired) electrons. The fourth-order valence-corrected chi connectivity index (χ4v) is 3.38. The fraction of sp³-hybridized carbons (Fsp3) is 0.588. The third kappa shape index (κ3) is 3.21. The lowest BCUT2D eigenvalue weighted by molar-refractivity contribution is -0.130. The Kier molecular flexibility index (Phi) is 4.44. The molecule has 2 aliphatic rings. The number of fused-ring (bicyclic) bond motifs is 1. The van der Waals surface area contributed by atoms with Crippen LogP contribution in [0.1, 0.15) is 43.8 Å². The van der Waals surface area contributed by atoms with Gasteiger partial charge in [-0.05, 0) is 38.2 Å². The molecule has 0 aromatic heterocycles. The van der Waals surface area contributed by atoms with Gasteiger partial charge >= 0.3 is 0 Å². The second kappa shape index (κ2) is 6.48. The minimum atomic E-state index is -0.406. The zero-order chi connectivity index (χ0) is 14.7. The molecule has 114 valence electrons. The smallest absolute Gasteiger partial charge is 0.242 e. The lowest BCUT2D eigenvalue weighted by atomic mass is 10.0. The molecule has 0 spiro atoms. The number of rotatable bonds is 2. The van der Waals surface area contributed by atoms with E-state index in [0.29, 0.717) is 6.54 Å². The molecule has 0 bridgehead atoms. The van der Waals surface area contributed by atoms with Gasteiger partial charge in [0, 0.05) is 30.9 Å². The first-order chi connectivity index (χ1) is 10.3. The summed E-state index contributed by atoms with van der Waals surface area (Å²) in [5.74, 6) is 0.223. The van der Waals surface area contributed by atoms with Crippen LogP contribution in [-0.4, -0.2) is 42.1 Å². The molecule has 1 saturated heterocycles. The van der Waals surface area contributed by atoms with Crippen molar-refractivity contribution in [2.75, 3.05) is 31.1 Å². The summed E-state index contributed by atoms with van der Waals surface area (Å²) in [4.78, 5) is 16.6. The Hall–Kier alpha value is -1.55. The van der Waals surface area contributed by atoms with Crippen molar-refractivity contribution < 1.29 is 9.90 Å². The van der Waals surface area contributed by atoms with Gasteiger partial charge in [0.2, 0.25) is 5.91 Å². The van der Waals surface area contributed by atoms with Crippen LogP contribution in [0.4, 0.5) is 5.69 Å². The number of nitrogens with zero attached hydrogens (tertiary/aromatic N) is 2. The zero-order valence-electron chi connectivity index (χ0n) is 12.5. The van der Waals surface area contributed by atoms with Gasteiger partial charge in [-0.15, -0.1) is 0 Å². The highest BCUT2D eigenvalue weighted by Crippen LogP contribution is 2.32. The van der Waals surface area contributed by atoms with Crippen molar-refractivity contribution in [3.63, 3.8) is 0 Å². The van der Waals surface area contributed by atoms with Crippen molar-refractivity contribution in [1.82, 2.24) is 4.90 Å². The molecule has 0 saturated carbocycles. The minimum absolute atomic E-state index is 0.223. The molecule has 4 heteroatoms. The van der Waals surface area contributed by atoms with Crippen molar-refractivity contribution in [2.24, 2.45) is 0 Å². The van der Waals surface area contributed by atoms with Crippen molar-refractivity contribution in [3.8, 4) is 0 Å². The molecule has 2 heterocycles. The minimum Gasteiger partial charge on any atom is -0.388 e. The highest BCUT2D eigenvalue weighted by Gasteiger charge is 2.24. The molecule has 21 heavy (non-hydrogen) atoms. The summed E-state index contributed by atoms with van der Waals surface area (Å²) < 4.78 is 0. The van der Waals surface area contributed by atoms with Crippen molar-refractivity contribution in [2.45, 2.75) is 38.2 Å². The molecule has 3 rings (SSSR count). The van der Waals surface area contributed by atoms with E-state index in [1.54, 1.807) is 0 Å². The first-order valence-corrected chi connectivity index (χ1v) is 8.05. The maximum absolute atomic E-state index is 12.5. The van der Waals surface area contributed by atoms with Gasteiger partial charge in [-0.3, -0.25) is 4.79 Å². The number of carbonyl (C=O) groups excluding carboxylic acids is 1. The maximum Gasteiger partial charge on any atom is 0.242 e. The molecule has 1 aromatic rings. The van der Waals surface area contributed by atoms with E-state index in [9.17, 15) is 9.90 Å². The third-order valence-electron chi connectivity index (χ3n) is 4.58. The summed E-state index contributed by atoms with van der Waals surface area (Å²) in [7, 11) is 0. The monoisotopic (exact) mass is 288 g/mol. The third-order valence-corrected chi connectivity index (χ3v) is 4.58. The van der Waals surface area contributed by atoms with Crippen LogP contribution in [0.3, 0.4) is 0 Å². The van der Waals surface area contributed by atoms with Crippen molar-refractivity contribution in [3.05, 3.63) is 29.8 Å². The molecule has 1 amide bonds. The molecule has 1 atom stereocenters. The normalized spacial score (nSPS) is 22.6. The Morgan fingerprint density at radius 2 is 1.86 bits per heavy atom. The highest BCUT2D eigenvalue weighted by atomic mass is 16.3. The van der Waals surface area contributed by atoms with Gasteiger partial charge in [0.15, 0.2) is 0 Å². The van der Waals surface area contributed by atoms with Gasteiger partial charge in [-0.2, -0.15) is 0 Å². The number of anilines is 1. The number of hydrogen-bond acceptors (Lipinski definition) is 3. The molecule has 1 aromatic carbocycles. The lowest BCUT2D eigenvalue weighted by Gasteiger charge is -2.31. The zero-order valence-corrected chi connectivity index (χ0v) is 12.5. The van der Waals surface area contributed by atoms with E-state index >= 15 is 0 Å². The fourth-order valence-electron chi connectivity index (χ4n) is 3.38. The standard InChI is InChI=1S/C17H24N2O2/c20-16-9-6-12-19(15-8-3-2-7-14(15)16)13-17(21)18-10-4-1-5-11-18/h2-3,7-8,16,20H,1,4-6,9-13H2. The van der Waals surface area contributed by atoms with Crippen LogP contribution < -0.4 is 4.90 Å². The molecular formula is C17H24N2O2. The second-order valence-corrected chi connectivity index (χ2v) is 6.08. The maximum atomic E-state index is 12.5. The molecule has 1 N–H and O–H groups in total. The van der Waals surface area contributed by atoms with Crippen LogP contribution in [0.15, 0.2) is 24.3 Å². The Morgan fingerprint density at radius 3 is 2.67 bits per heavy atom. The van der Waals surface area contributed by atoms with E-state index in [1.165, 1.54) is 6.42 Å². The Bertz CT molecular complexity index is 497. The van der Waals surface area contributed by atoms with Crippen LogP contribution in [-0.2, 0) is 4.79 Å². The van der Waals surface area contributed by atoms with E-state index in [1.807, 2.05) is 29.2 Å². The first-order valence-electron chi connectivity index (χ1n) is 8.05. The molecule has 0 aliphatic carbocycles. The van der Waals surface area contributed by atoms with Crippen LogP contribution >= 0.6 is 0 Å². The molecule has 2 aliphatic heterocycles. The number of hydrogen-bond donors (Lipinski definition) is 1. The summed E-state index contributed by atoms with van der Waals surface area (Å²) in [6.07, 6.45) is 4.77. The van der Waals surface area contributed by atoms with Crippen molar-refractivity contribution in [1.29, 1.82) is 0 Å². The number of aliphatic hydroxyl groups excluding tert-OH is 1. The van der Waals surface area contributed by atoms with Crippen LogP contribution in [0.5, 0.6) is 0 Å². The number of benzene rings is 1. The number of amides is 1. The van der Waals surface area contributed by atoms with Gasteiger partial charge in [0.05, 0.1) is 12.6 Å². The quantitative estimate of drug-likeness (QED) is 0.908. The van der Waals surface area contributed by atoms with Gasteiger partial charge < -0.3 is 14.9 Å². The van der Waals surface area contributed by atoms with E-state index in [-0.39, 0.29) is 5.91 Å². The molecule has 1 unspecified atom stereocenters. The Balaban J connectivity index is 1.75. The summed E-state index contributed by atoms with van der Waals surface area (Å²) in [6.45, 7) is 3.07. The number of piperidine rings is 1. The van der Waals surface area contributed by atoms with Gasteiger partial charge in [-0.25, -0.2) is 0 Å². The second-order valence-electron chi connectivity index (χ2n) is 6.08. The summed E-state index contributed by atoms with van der Waals surface area (Å²) in [6, 6.07) is 7.93. The molecule has 4 nitrogen and oxygen atoms in total. The van der Waals surface area contributed by atoms with Gasteiger partial charge in [0.25, 0.3) is 0 Å². The SMILES string of the molecule is O=C(CN1CCCC(O)c2ccccc21)N1CCCCC1. The predicted octanol–water partition coefficient (Wildman–Crippen LogP) is 2.33. The van der Waals surface area contributed by atoms with E-state index in [2.05, 4.69) is 4.90 Å². The predicted molar refractivity (Wildman–Crippen MR) is 83.3 cm³/mol. The highest BCUT2D eigenvalue weighted by molar-refractivity contribution is 5.82. The Morgan fingerprint density at radius 1 is 1.10 bits per heavy atom. The van der Waals surface area contributed by atoms with Crippen LogP contribution in [0.25, 0.3) is 0 Å². The van der Waals surface area contributed by atoms with E-state index in [4.69, 9.17) is 0 Å².